The maximum absolute atomic E-state index is 8.38. The zero-order chi connectivity index (χ0) is 6.95. The number of rotatable bonds is 5. The predicted octanol–water partition coefficient (Wildman–Crippen LogP) is 1.89. The predicted molar refractivity (Wildman–Crippen MR) is 40.3 cm³/mol. The van der Waals surface area contributed by atoms with Gasteiger partial charge in [-0.15, -0.1) is 0 Å². The molecule has 0 fully saturated rings. The van der Waals surface area contributed by atoms with Gasteiger partial charge in [-0.05, 0) is 19.3 Å². The molecule has 0 spiro atoms. The molecule has 52 valence electrons. The molecule has 1 N–H and O–H groups in total. The van der Waals surface area contributed by atoms with E-state index in [9.17, 15) is 0 Å². The summed E-state index contributed by atoms with van der Waals surface area (Å²) in [4.78, 5) is 0. The van der Waals surface area contributed by atoms with E-state index in [4.69, 9.17) is 5.11 Å². The third-order valence-corrected chi connectivity index (χ3v) is 1.05. The number of allylic oxidation sites excluding steroid dienone is 3. The van der Waals surface area contributed by atoms with Crippen molar-refractivity contribution >= 4 is 0 Å². The number of aliphatic hydroxyl groups excluding tert-OH is 1. The van der Waals surface area contributed by atoms with Crippen LogP contribution in [0, 0.1) is 0 Å². The second kappa shape index (κ2) is 7.44. The normalized spacial score (nSPS) is 10.3. The summed E-state index contributed by atoms with van der Waals surface area (Å²) < 4.78 is 0. The zero-order valence-electron chi connectivity index (χ0n) is 5.71. The summed E-state index contributed by atoms with van der Waals surface area (Å²) in [5.74, 6) is 0. The molecule has 9 heavy (non-hydrogen) atoms. The number of hydrogen-bond acceptors (Lipinski definition) is 1. The fraction of sp³-hybridized carbons (Fsp3) is 0.500. The molecular weight excluding hydrogens is 112 g/mol. The maximum Gasteiger partial charge on any atom is 0.0431 e. The second-order valence-corrected chi connectivity index (χ2v) is 1.88. The van der Waals surface area contributed by atoms with Crippen LogP contribution in [0.5, 0.6) is 0 Å². The summed E-state index contributed by atoms with van der Waals surface area (Å²) >= 11 is 0. The van der Waals surface area contributed by atoms with E-state index in [0.29, 0.717) is 6.61 Å². The molecule has 0 aromatic carbocycles. The average Bonchev–Trinajstić information content (AvgIpc) is 1.89. The van der Waals surface area contributed by atoms with Gasteiger partial charge in [-0.1, -0.05) is 24.8 Å². The van der Waals surface area contributed by atoms with Crippen LogP contribution < -0.4 is 0 Å². The van der Waals surface area contributed by atoms with Gasteiger partial charge in [-0.2, -0.15) is 0 Å². The molecule has 0 radical (unpaired) electrons. The first-order valence-corrected chi connectivity index (χ1v) is 3.30. The Hall–Kier alpha value is -0.560. The smallest absolute Gasteiger partial charge is 0.0431 e. The Morgan fingerprint density at radius 1 is 1.33 bits per heavy atom. The lowest BCUT2D eigenvalue weighted by molar-refractivity contribution is 0.285. The van der Waals surface area contributed by atoms with Crippen LogP contribution in [-0.4, -0.2) is 11.7 Å². The first kappa shape index (κ1) is 8.44. The highest BCUT2D eigenvalue weighted by molar-refractivity contribution is 4.96. The Morgan fingerprint density at radius 3 is 2.67 bits per heavy atom. The molecule has 0 bridgehead atoms. The first-order chi connectivity index (χ1) is 4.41. The molecule has 1 nitrogen and oxygen atoms in total. The van der Waals surface area contributed by atoms with Crippen LogP contribution in [0.3, 0.4) is 0 Å². The molecule has 0 saturated heterocycles. The van der Waals surface area contributed by atoms with E-state index in [1.165, 1.54) is 0 Å². The van der Waals surface area contributed by atoms with Gasteiger partial charge in [0, 0.05) is 6.61 Å². The van der Waals surface area contributed by atoms with Crippen molar-refractivity contribution in [1.29, 1.82) is 0 Å². The second-order valence-electron chi connectivity index (χ2n) is 1.88. The molecule has 0 amide bonds. The Balaban J connectivity index is 2.90. The van der Waals surface area contributed by atoms with Gasteiger partial charge in [-0.25, -0.2) is 0 Å². The van der Waals surface area contributed by atoms with Crippen LogP contribution in [0.1, 0.15) is 19.3 Å². The van der Waals surface area contributed by atoms with Crippen LogP contribution in [0.4, 0.5) is 0 Å². The summed E-state index contributed by atoms with van der Waals surface area (Å²) in [7, 11) is 0. The first-order valence-electron chi connectivity index (χ1n) is 3.30. The molecule has 0 aromatic heterocycles. The van der Waals surface area contributed by atoms with Crippen LogP contribution in [0.15, 0.2) is 24.8 Å². The van der Waals surface area contributed by atoms with E-state index in [0.717, 1.165) is 19.3 Å². The highest BCUT2D eigenvalue weighted by atomic mass is 16.2. The van der Waals surface area contributed by atoms with Crippen molar-refractivity contribution in [3.63, 3.8) is 0 Å². The zero-order valence-corrected chi connectivity index (χ0v) is 5.71. The largest absolute Gasteiger partial charge is 0.396 e. The van der Waals surface area contributed by atoms with Gasteiger partial charge in [-0.3, -0.25) is 0 Å². The Bertz CT molecular complexity index is 84.6. The van der Waals surface area contributed by atoms with Crippen molar-refractivity contribution in [3.05, 3.63) is 24.8 Å². The minimum atomic E-state index is 0.307. The summed E-state index contributed by atoms with van der Waals surface area (Å²) in [6, 6.07) is 0. The van der Waals surface area contributed by atoms with E-state index in [2.05, 4.69) is 12.7 Å². The molecule has 0 rings (SSSR count). The van der Waals surface area contributed by atoms with Gasteiger partial charge >= 0.3 is 0 Å². The Kier molecular flexibility index (Phi) is 6.98. The van der Waals surface area contributed by atoms with E-state index in [1.54, 1.807) is 6.08 Å². The SMILES string of the molecule is C=C/C=C/CCCCO. The number of unbranched alkanes of at least 4 members (excludes halogenated alkanes) is 2. The Morgan fingerprint density at radius 2 is 2.11 bits per heavy atom. The van der Waals surface area contributed by atoms with Gasteiger partial charge < -0.3 is 5.11 Å². The third-order valence-electron chi connectivity index (χ3n) is 1.05. The lowest BCUT2D eigenvalue weighted by Crippen LogP contribution is -1.79. The summed E-state index contributed by atoms with van der Waals surface area (Å²) in [5.41, 5.74) is 0. The van der Waals surface area contributed by atoms with Crippen molar-refractivity contribution in [1.82, 2.24) is 0 Å². The highest BCUT2D eigenvalue weighted by Gasteiger charge is 1.79. The van der Waals surface area contributed by atoms with Crippen molar-refractivity contribution in [2.75, 3.05) is 6.61 Å². The molecule has 0 atom stereocenters. The molecule has 0 aliphatic rings. The van der Waals surface area contributed by atoms with Crippen LogP contribution in [0.25, 0.3) is 0 Å². The van der Waals surface area contributed by atoms with E-state index in [-0.39, 0.29) is 0 Å². The lowest BCUT2D eigenvalue weighted by Gasteiger charge is -1.88. The minimum absolute atomic E-state index is 0.307. The molecular formula is C8H14O. The molecule has 0 aliphatic carbocycles. The lowest BCUT2D eigenvalue weighted by atomic mass is 10.2. The van der Waals surface area contributed by atoms with E-state index >= 15 is 0 Å². The standard InChI is InChI=1S/C8H14O/c1-2-3-4-5-6-7-8-9/h2-4,9H,1,5-8H2/b4-3+. The summed E-state index contributed by atoms with van der Waals surface area (Å²) in [5, 5.41) is 8.38. The van der Waals surface area contributed by atoms with Gasteiger partial charge in [0.25, 0.3) is 0 Å². The van der Waals surface area contributed by atoms with Crippen molar-refractivity contribution < 1.29 is 5.11 Å². The molecule has 0 aliphatic heterocycles. The summed E-state index contributed by atoms with van der Waals surface area (Å²) in [6.45, 7) is 3.85. The third kappa shape index (κ3) is 7.44. The number of hydrogen-bond donors (Lipinski definition) is 1. The fourth-order valence-electron chi connectivity index (χ4n) is 0.566. The maximum atomic E-state index is 8.38. The highest BCUT2D eigenvalue weighted by Crippen LogP contribution is 1.94. The van der Waals surface area contributed by atoms with Crippen LogP contribution in [0.2, 0.25) is 0 Å². The summed E-state index contributed by atoms with van der Waals surface area (Å²) in [6.07, 6.45) is 8.77. The van der Waals surface area contributed by atoms with Crippen molar-refractivity contribution in [2.24, 2.45) is 0 Å². The Labute approximate surface area is 56.7 Å². The van der Waals surface area contributed by atoms with Gasteiger partial charge in [0.2, 0.25) is 0 Å². The molecule has 0 saturated carbocycles. The van der Waals surface area contributed by atoms with Gasteiger partial charge in [0.05, 0.1) is 0 Å². The van der Waals surface area contributed by atoms with Gasteiger partial charge in [0.15, 0.2) is 0 Å². The van der Waals surface area contributed by atoms with E-state index < -0.39 is 0 Å². The quantitative estimate of drug-likeness (QED) is 0.440. The van der Waals surface area contributed by atoms with Crippen LogP contribution in [-0.2, 0) is 0 Å². The van der Waals surface area contributed by atoms with Crippen molar-refractivity contribution in [2.45, 2.75) is 19.3 Å². The number of aliphatic hydroxyl groups is 1. The molecule has 0 unspecified atom stereocenters. The fourth-order valence-corrected chi connectivity index (χ4v) is 0.566. The monoisotopic (exact) mass is 126 g/mol. The minimum Gasteiger partial charge on any atom is -0.396 e. The molecule has 0 heterocycles. The van der Waals surface area contributed by atoms with E-state index in [1.807, 2.05) is 6.08 Å². The molecule has 0 aromatic rings. The van der Waals surface area contributed by atoms with Gasteiger partial charge in [0.1, 0.15) is 0 Å². The molecule has 1 heteroatoms. The average molecular weight is 126 g/mol. The van der Waals surface area contributed by atoms with Crippen LogP contribution >= 0.6 is 0 Å². The topological polar surface area (TPSA) is 20.2 Å². The van der Waals surface area contributed by atoms with Crippen molar-refractivity contribution in [3.8, 4) is 0 Å².